The molecular weight excluding hydrogens is 370 g/mol. The third-order valence-electron chi connectivity index (χ3n) is 4.47. The van der Waals surface area contributed by atoms with Gasteiger partial charge in [-0.25, -0.2) is 9.97 Å². The Balaban J connectivity index is 1.79. The molecule has 1 atom stereocenters. The highest BCUT2D eigenvalue weighted by atomic mass is 16.2. The quantitative estimate of drug-likeness (QED) is 0.617. The van der Waals surface area contributed by atoms with Crippen molar-refractivity contribution in [3.05, 3.63) is 30.4 Å². The first-order valence-electron chi connectivity index (χ1n) is 9.38. The minimum absolute atomic E-state index is 0.0271. The number of nitrogens with zero attached hydrogens (tertiary/aromatic N) is 5. The van der Waals surface area contributed by atoms with Crippen LogP contribution in [0.4, 0.5) is 11.5 Å². The van der Waals surface area contributed by atoms with Crippen LogP contribution < -0.4 is 10.6 Å². The number of pyridine rings is 1. The second-order valence-electron chi connectivity index (χ2n) is 7.29. The first-order valence-corrected chi connectivity index (χ1v) is 9.38. The average molecular weight is 393 g/mol. The summed E-state index contributed by atoms with van der Waals surface area (Å²) in [6, 6.07) is 3.68. The van der Waals surface area contributed by atoms with Gasteiger partial charge in [0.15, 0.2) is 11.5 Å². The number of carbonyl (C=O) groups is 2. The molecule has 9 nitrogen and oxygen atoms in total. The van der Waals surface area contributed by atoms with Crippen molar-refractivity contribution < 1.29 is 9.59 Å². The van der Waals surface area contributed by atoms with Gasteiger partial charge in [-0.1, -0.05) is 0 Å². The van der Waals surface area contributed by atoms with Crippen LogP contribution in [0.5, 0.6) is 0 Å². The van der Waals surface area contributed by atoms with Gasteiger partial charge in [-0.05, 0) is 33.0 Å². The van der Waals surface area contributed by atoms with Crippen molar-refractivity contribution in [2.24, 2.45) is 5.92 Å². The van der Waals surface area contributed by atoms with E-state index in [1.807, 2.05) is 19.0 Å². The smallest absolute Gasteiger partial charge is 0.228 e. The highest BCUT2D eigenvalue weighted by molar-refractivity contribution is 5.93. The lowest BCUT2D eigenvalue weighted by molar-refractivity contribution is -0.117. The summed E-state index contributed by atoms with van der Waals surface area (Å²) in [5.41, 5.74) is 2.01. The van der Waals surface area contributed by atoms with Crippen molar-refractivity contribution in [3.63, 3.8) is 0 Å². The molecule has 1 amide bonds. The van der Waals surface area contributed by atoms with E-state index in [2.05, 4.69) is 31.7 Å². The molecule has 1 aliphatic rings. The van der Waals surface area contributed by atoms with E-state index in [9.17, 15) is 14.9 Å². The minimum atomic E-state index is -0.155. The molecule has 150 valence electrons. The van der Waals surface area contributed by atoms with E-state index in [0.717, 1.165) is 19.1 Å². The van der Waals surface area contributed by atoms with Crippen LogP contribution in [0, 0.1) is 17.2 Å². The summed E-state index contributed by atoms with van der Waals surface area (Å²) in [5, 5.41) is 15.4. The number of aromatic nitrogens is 3. The van der Waals surface area contributed by atoms with Gasteiger partial charge in [0.2, 0.25) is 5.91 Å². The molecule has 0 radical (unpaired) electrons. The predicted molar refractivity (Wildman–Crippen MR) is 108 cm³/mol. The average Bonchev–Trinajstić information content (AvgIpc) is 3.54. The Bertz CT molecular complexity index is 917. The van der Waals surface area contributed by atoms with Gasteiger partial charge >= 0.3 is 0 Å². The normalized spacial score (nSPS) is 14.1. The van der Waals surface area contributed by atoms with Crippen molar-refractivity contribution in [2.75, 3.05) is 31.3 Å². The van der Waals surface area contributed by atoms with Crippen molar-refractivity contribution in [1.29, 1.82) is 5.26 Å². The van der Waals surface area contributed by atoms with Crippen molar-refractivity contribution in [2.45, 2.75) is 25.3 Å². The summed E-state index contributed by atoms with van der Waals surface area (Å²) in [5.74, 6) is 0.470. The second-order valence-corrected chi connectivity index (χ2v) is 7.29. The number of likely N-dealkylation sites (N-methyl/N-ethyl adjacent to an activating group) is 1. The van der Waals surface area contributed by atoms with Crippen molar-refractivity contribution in [3.8, 4) is 17.3 Å². The van der Waals surface area contributed by atoms with Crippen LogP contribution in [0.3, 0.4) is 0 Å². The second kappa shape index (κ2) is 9.21. The Labute approximate surface area is 169 Å². The molecule has 2 heterocycles. The summed E-state index contributed by atoms with van der Waals surface area (Å²) in [6.45, 7) is 0.628. The fraction of sp³-hybridized carbons (Fsp3) is 0.400. The summed E-state index contributed by atoms with van der Waals surface area (Å²) < 4.78 is 0. The molecule has 0 bridgehead atoms. The molecule has 0 unspecified atom stereocenters. The fourth-order valence-electron chi connectivity index (χ4n) is 2.88. The Morgan fingerprint density at radius 3 is 2.69 bits per heavy atom. The van der Waals surface area contributed by atoms with Gasteiger partial charge in [0.25, 0.3) is 0 Å². The van der Waals surface area contributed by atoms with Crippen LogP contribution in [0.25, 0.3) is 11.3 Å². The number of rotatable bonds is 9. The molecule has 2 aromatic rings. The first kappa shape index (κ1) is 20.4. The molecule has 3 rings (SSSR count). The van der Waals surface area contributed by atoms with Gasteiger partial charge in [-0.15, -0.1) is 0 Å². The molecular formula is C20H23N7O2. The highest BCUT2D eigenvalue weighted by Gasteiger charge is 2.29. The third kappa shape index (κ3) is 5.56. The molecule has 2 N–H and O–H groups in total. The largest absolute Gasteiger partial charge is 0.378 e. The van der Waals surface area contributed by atoms with Crippen LogP contribution in [0.2, 0.25) is 0 Å². The summed E-state index contributed by atoms with van der Waals surface area (Å²) in [7, 11) is 3.83. The summed E-state index contributed by atoms with van der Waals surface area (Å²) in [4.78, 5) is 37.6. The van der Waals surface area contributed by atoms with Crippen molar-refractivity contribution >= 4 is 23.7 Å². The van der Waals surface area contributed by atoms with E-state index in [4.69, 9.17) is 0 Å². The van der Waals surface area contributed by atoms with Crippen LogP contribution in [-0.4, -0.2) is 58.7 Å². The first-order chi connectivity index (χ1) is 14.0. The molecule has 29 heavy (non-hydrogen) atoms. The maximum atomic E-state index is 11.8. The third-order valence-corrected chi connectivity index (χ3v) is 4.47. The molecule has 0 aromatic carbocycles. The topological polar surface area (TPSA) is 124 Å². The number of hydrogen-bond donors (Lipinski definition) is 2. The molecule has 9 heteroatoms. The number of aldehydes is 1. The van der Waals surface area contributed by atoms with E-state index in [1.54, 1.807) is 18.5 Å². The number of nitriles is 1. The lowest BCUT2D eigenvalue weighted by Crippen LogP contribution is -2.33. The SMILES string of the molecule is CN(C)C[C@H](CC=O)Nc1cc(-c2cnc(NC(=O)C3CC3)cn2)cnc1C#N. The lowest BCUT2D eigenvalue weighted by atomic mass is 10.1. The standard InChI is InChI=1S/C20H23N7O2/c1-27(2)12-15(5-6-28)25-16-7-14(9-22-17(16)8-21)18-10-24-19(11-23-18)26-20(29)13-3-4-13/h6-7,9-11,13,15,25H,3-5,12H2,1-2H3,(H,24,26,29)/t15-/m0/s1. The van der Waals surface area contributed by atoms with Gasteiger partial charge in [0.05, 0.1) is 23.8 Å². The van der Waals surface area contributed by atoms with Gasteiger partial charge in [0, 0.05) is 36.7 Å². The minimum Gasteiger partial charge on any atom is -0.378 e. The molecule has 1 saturated carbocycles. The number of amides is 1. The van der Waals surface area contributed by atoms with Gasteiger partial charge in [-0.3, -0.25) is 9.78 Å². The van der Waals surface area contributed by atoms with Crippen LogP contribution in [-0.2, 0) is 9.59 Å². The van der Waals surface area contributed by atoms with E-state index in [1.165, 1.54) is 6.20 Å². The highest BCUT2D eigenvalue weighted by Crippen LogP contribution is 2.30. The predicted octanol–water partition coefficient (Wildman–Crippen LogP) is 1.69. The number of carbonyl (C=O) groups excluding carboxylic acids is 2. The van der Waals surface area contributed by atoms with Crippen molar-refractivity contribution in [1.82, 2.24) is 19.9 Å². The Hall–Kier alpha value is -3.38. The van der Waals surface area contributed by atoms with Gasteiger partial charge in [-0.2, -0.15) is 5.26 Å². The molecule has 1 aliphatic carbocycles. The monoisotopic (exact) mass is 393 g/mol. The van der Waals surface area contributed by atoms with Gasteiger partial charge < -0.3 is 20.3 Å². The maximum Gasteiger partial charge on any atom is 0.228 e. The number of hydrogen-bond acceptors (Lipinski definition) is 8. The zero-order chi connectivity index (χ0) is 20.8. The molecule has 2 aromatic heterocycles. The fourth-order valence-corrected chi connectivity index (χ4v) is 2.88. The zero-order valence-electron chi connectivity index (χ0n) is 16.4. The summed E-state index contributed by atoms with van der Waals surface area (Å²) >= 11 is 0. The van der Waals surface area contributed by atoms with Crippen LogP contribution in [0.1, 0.15) is 25.0 Å². The maximum absolute atomic E-state index is 11.8. The Morgan fingerprint density at radius 1 is 1.31 bits per heavy atom. The molecule has 0 saturated heterocycles. The van der Waals surface area contributed by atoms with E-state index in [0.29, 0.717) is 35.7 Å². The summed E-state index contributed by atoms with van der Waals surface area (Å²) in [6.07, 6.45) is 7.61. The van der Waals surface area contributed by atoms with E-state index in [-0.39, 0.29) is 23.6 Å². The number of nitrogens with one attached hydrogen (secondary N) is 2. The van der Waals surface area contributed by atoms with Crippen LogP contribution in [0.15, 0.2) is 24.7 Å². The molecule has 0 spiro atoms. The zero-order valence-corrected chi connectivity index (χ0v) is 16.4. The Kier molecular flexibility index (Phi) is 6.46. The Morgan fingerprint density at radius 2 is 2.10 bits per heavy atom. The molecule has 0 aliphatic heterocycles. The molecule has 1 fully saturated rings. The van der Waals surface area contributed by atoms with E-state index >= 15 is 0 Å². The van der Waals surface area contributed by atoms with E-state index < -0.39 is 0 Å². The lowest BCUT2D eigenvalue weighted by Gasteiger charge is -2.22. The van der Waals surface area contributed by atoms with Crippen LogP contribution >= 0.6 is 0 Å². The number of anilines is 2. The van der Waals surface area contributed by atoms with Gasteiger partial charge in [0.1, 0.15) is 12.4 Å².